The van der Waals surface area contributed by atoms with Gasteiger partial charge in [0.05, 0.1) is 12.6 Å². The fraction of sp³-hybridized carbons (Fsp3) is 0.675. The number of ketones is 1. The fourth-order valence-corrected chi connectivity index (χ4v) is 8.67. The smallest absolute Gasteiger partial charge is 0.408 e. The van der Waals surface area contributed by atoms with Crippen molar-refractivity contribution in [2.45, 2.75) is 127 Å². The van der Waals surface area contributed by atoms with Crippen molar-refractivity contribution in [1.29, 1.82) is 0 Å². The molecule has 4 N–H and O–H groups in total. The van der Waals surface area contributed by atoms with Gasteiger partial charge in [0.25, 0.3) is 5.91 Å². The van der Waals surface area contributed by atoms with Crippen molar-refractivity contribution in [2.75, 3.05) is 27.2 Å². The minimum atomic E-state index is -2.90. The van der Waals surface area contributed by atoms with Crippen molar-refractivity contribution in [2.24, 2.45) is 17.8 Å². The second-order valence-electron chi connectivity index (χ2n) is 16.5. The van der Waals surface area contributed by atoms with Crippen LogP contribution in [0, 0.1) is 17.8 Å². The van der Waals surface area contributed by atoms with E-state index in [0.29, 0.717) is 24.8 Å². The number of carbonyl (C=O) groups is 7. The molecular formula is C40H58F3N6O8P. The Kier molecular flexibility index (Phi) is 16.1. The summed E-state index contributed by atoms with van der Waals surface area (Å²) in [7, 11) is 5.14. The highest BCUT2D eigenvalue weighted by molar-refractivity contribution is 7.18. The highest BCUT2D eigenvalue weighted by Crippen LogP contribution is 2.52. The molecule has 322 valence electrons. The molecular weight excluding hydrogens is 780 g/mol. The minimum absolute atomic E-state index is 0.00757. The quantitative estimate of drug-likeness (QED) is 0.135. The molecule has 1 saturated heterocycles. The van der Waals surface area contributed by atoms with E-state index in [4.69, 9.17) is 4.74 Å². The van der Waals surface area contributed by atoms with Gasteiger partial charge in [-0.05, 0) is 75.7 Å². The summed E-state index contributed by atoms with van der Waals surface area (Å²) in [6.07, 6.45) is -1.03. The first-order chi connectivity index (χ1) is 27.2. The van der Waals surface area contributed by atoms with Crippen LogP contribution < -0.4 is 21.3 Å². The number of nitrogens with zero attached hydrogens (tertiary/aromatic N) is 2. The van der Waals surface area contributed by atoms with Gasteiger partial charge in [-0.25, -0.2) is 18.0 Å². The van der Waals surface area contributed by atoms with Crippen molar-refractivity contribution in [3.63, 3.8) is 0 Å². The summed E-state index contributed by atoms with van der Waals surface area (Å²) >= 11 is 0. The van der Waals surface area contributed by atoms with E-state index in [1.165, 1.54) is 23.9 Å². The molecule has 1 aliphatic heterocycles. The molecule has 2 aliphatic carbocycles. The number of carbonyl (C=O) groups excluding carboxylic acids is 7. The monoisotopic (exact) mass is 838 g/mol. The fourth-order valence-electron chi connectivity index (χ4n) is 8.09. The summed E-state index contributed by atoms with van der Waals surface area (Å²) in [5.74, 6) is -6.98. The van der Waals surface area contributed by atoms with E-state index in [9.17, 15) is 42.3 Å². The van der Waals surface area contributed by atoms with Crippen LogP contribution in [-0.4, -0.2) is 114 Å². The Morgan fingerprint density at radius 2 is 1.62 bits per heavy atom. The lowest BCUT2D eigenvalue weighted by molar-refractivity contribution is -0.144. The first kappa shape index (κ1) is 46.4. The maximum atomic E-state index is 15.4. The van der Waals surface area contributed by atoms with Crippen LogP contribution in [0.1, 0.15) is 96.6 Å². The normalized spacial score (nSPS) is 23.6. The predicted molar refractivity (Wildman–Crippen MR) is 211 cm³/mol. The van der Waals surface area contributed by atoms with E-state index in [2.05, 4.69) is 30.5 Å². The Balaban J connectivity index is 1.54. The van der Waals surface area contributed by atoms with Crippen LogP contribution in [-0.2, 0) is 33.5 Å². The van der Waals surface area contributed by atoms with Crippen LogP contribution in [0.2, 0.25) is 0 Å². The number of hydrogen-bond donors (Lipinski definition) is 4. The molecule has 8 atom stereocenters. The molecule has 0 bridgehead atoms. The summed E-state index contributed by atoms with van der Waals surface area (Å²) in [5, 5.41) is 8.09. The lowest BCUT2D eigenvalue weighted by Gasteiger charge is -2.36. The van der Waals surface area contributed by atoms with E-state index in [0.717, 1.165) is 19.3 Å². The summed E-state index contributed by atoms with van der Waals surface area (Å²) in [5.41, 5.74) is -0.366. The SMILES string of the molecule is CCC(C)(C)OC(=O)NC(C(=O)N1C[C@@H]2CC(F)(P)C[C@@H]2C1C(=O)NC(CCC(F)F)C(=O)C(=O)NCC(=O)NC(C(=O)N(C)C)c1ccccc1)C1CCCCC1. The van der Waals surface area contributed by atoms with Gasteiger partial charge in [0.15, 0.2) is 0 Å². The summed E-state index contributed by atoms with van der Waals surface area (Å²) < 4.78 is 48.1. The van der Waals surface area contributed by atoms with Crippen molar-refractivity contribution >= 4 is 50.7 Å². The van der Waals surface area contributed by atoms with Crippen molar-refractivity contribution in [3.8, 4) is 0 Å². The van der Waals surface area contributed by atoms with Gasteiger partial charge in [0, 0.05) is 27.1 Å². The van der Waals surface area contributed by atoms with Gasteiger partial charge in [-0.3, -0.25) is 28.8 Å². The highest BCUT2D eigenvalue weighted by atomic mass is 31.0. The topological polar surface area (TPSA) is 183 Å². The van der Waals surface area contributed by atoms with Crippen LogP contribution >= 0.6 is 9.24 Å². The third kappa shape index (κ3) is 12.4. The average molecular weight is 839 g/mol. The van der Waals surface area contributed by atoms with Crippen LogP contribution in [0.3, 0.4) is 0 Å². The van der Waals surface area contributed by atoms with Gasteiger partial charge in [-0.2, -0.15) is 0 Å². The molecule has 2 saturated carbocycles. The lowest BCUT2D eigenvalue weighted by atomic mass is 9.83. The number of hydrogen-bond acceptors (Lipinski definition) is 8. The molecule has 18 heteroatoms. The van der Waals surface area contributed by atoms with Gasteiger partial charge >= 0.3 is 6.09 Å². The number of Topliss-reactive ketones (excluding diaryl/α,β-unsaturated/α-hetero) is 1. The molecule has 0 radical (unpaired) electrons. The number of halogens is 3. The van der Waals surface area contributed by atoms with Gasteiger partial charge in [-0.15, -0.1) is 0 Å². The number of alkyl carbamates (subject to hydrolysis) is 1. The number of likely N-dealkylation sites (N-methyl/N-ethyl adjacent to an activating group) is 1. The van der Waals surface area contributed by atoms with Crippen molar-refractivity contribution < 1.29 is 51.5 Å². The lowest BCUT2D eigenvalue weighted by Crippen LogP contribution is -2.59. The molecule has 6 unspecified atom stereocenters. The predicted octanol–water partition coefficient (Wildman–Crippen LogP) is 3.79. The van der Waals surface area contributed by atoms with Crippen molar-refractivity contribution in [1.82, 2.24) is 31.1 Å². The number of fused-ring (bicyclic) bond motifs is 1. The number of ether oxygens (including phenoxy) is 1. The molecule has 1 aromatic rings. The van der Waals surface area contributed by atoms with E-state index in [1.807, 2.05) is 6.92 Å². The zero-order valence-electron chi connectivity index (χ0n) is 33.9. The van der Waals surface area contributed by atoms with Gasteiger partial charge in [-0.1, -0.05) is 65.8 Å². The third-order valence-electron chi connectivity index (χ3n) is 11.5. The van der Waals surface area contributed by atoms with E-state index in [1.54, 1.807) is 44.2 Å². The van der Waals surface area contributed by atoms with E-state index in [-0.39, 0.29) is 25.3 Å². The van der Waals surface area contributed by atoms with Gasteiger partial charge in [0.2, 0.25) is 35.8 Å². The molecule has 3 fully saturated rings. The Labute approximate surface area is 340 Å². The maximum absolute atomic E-state index is 15.4. The van der Waals surface area contributed by atoms with E-state index < -0.39 is 114 Å². The number of alkyl halides is 3. The second-order valence-corrected chi connectivity index (χ2v) is 17.6. The number of nitrogens with one attached hydrogen (secondary N) is 4. The number of rotatable bonds is 17. The van der Waals surface area contributed by atoms with Crippen LogP contribution in [0.15, 0.2) is 30.3 Å². The largest absolute Gasteiger partial charge is 0.444 e. The number of amides is 6. The third-order valence-corrected chi connectivity index (χ3v) is 11.9. The van der Waals surface area contributed by atoms with Gasteiger partial charge in [0.1, 0.15) is 29.1 Å². The molecule has 3 aliphatic rings. The molecule has 14 nitrogen and oxygen atoms in total. The summed E-state index contributed by atoms with van der Waals surface area (Å²) in [6.45, 7) is 4.51. The molecule has 58 heavy (non-hydrogen) atoms. The zero-order chi connectivity index (χ0) is 42.9. The Morgan fingerprint density at radius 1 is 0.966 bits per heavy atom. The number of likely N-dealkylation sites (tertiary alicyclic amines) is 1. The highest BCUT2D eigenvalue weighted by Gasteiger charge is 2.57. The summed E-state index contributed by atoms with van der Waals surface area (Å²) in [6, 6.07) is 2.98. The second kappa shape index (κ2) is 20.1. The average Bonchev–Trinajstić information content (AvgIpc) is 3.67. The molecule has 0 spiro atoms. The van der Waals surface area contributed by atoms with E-state index >= 15 is 4.39 Å². The molecule has 1 aromatic carbocycles. The first-order valence-electron chi connectivity index (χ1n) is 20.0. The standard InChI is InChI=1S/C40H58F3N6O8P/c1-6-39(2,3)57-38(56)47-31(24-15-11-8-12-16-24)37(55)49-22-25-19-40(43,58)20-26(25)32(49)34(52)45-27(17-18-28(41)42)33(51)35(53)44-21-29(50)46-30(36(54)48(4)5)23-13-9-7-10-14-23/h7,9-10,13-14,24-28,30-32H,6,8,11-12,15-22,58H2,1-5H3,(H,44,53)(H,45,52)(H,46,50)(H,47,56)/t25-,26-,27?,30?,31?,32?,40?/m0/s1. The summed E-state index contributed by atoms with van der Waals surface area (Å²) in [4.78, 5) is 96.9. The zero-order valence-corrected chi connectivity index (χ0v) is 35.0. The molecule has 0 aromatic heterocycles. The minimum Gasteiger partial charge on any atom is -0.444 e. The van der Waals surface area contributed by atoms with Gasteiger partial charge < -0.3 is 35.8 Å². The van der Waals surface area contributed by atoms with Crippen LogP contribution in [0.4, 0.5) is 18.0 Å². The van der Waals surface area contributed by atoms with Crippen LogP contribution in [0.5, 0.6) is 0 Å². The Hall–Kier alpha value is -4.27. The van der Waals surface area contributed by atoms with Crippen LogP contribution in [0.25, 0.3) is 0 Å². The molecule has 6 amide bonds. The number of benzene rings is 1. The van der Waals surface area contributed by atoms with Crippen molar-refractivity contribution in [3.05, 3.63) is 35.9 Å². The Bertz CT molecular complexity index is 1660. The maximum Gasteiger partial charge on any atom is 0.408 e. The first-order valence-corrected chi connectivity index (χ1v) is 20.5. The molecule has 1 heterocycles. The Morgan fingerprint density at radius 3 is 2.22 bits per heavy atom. The molecule has 4 rings (SSSR count).